The molecule has 2 heterocycles. The summed E-state index contributed by atoms with van der Waals surface area (Å²) in [4.78, 5) is 20.5. The molecule has 3 aromatic rings. The van der Waals surface area contributed by atoms with Crippen molar-refractivity contribution in [3.63, 3.8) is 0 Å². The van der Waals surface area contributed by atoms with E-state index in [4.69, 9.17) is 0 Å². The Hall–Kier alpha value is -1.59. The fourth-order valence-electron chi connectivity index (χ4n) is 2.08. The van der Waals surface area contributed by atoms with Crippen molar-refractivity contribution >= 4 is 33.3 Å². The van der Waals surface area contributed by atoms with E-state index in [1.807, 2.05) is 24.4 Å². The topological polar surface area (TPSA) is 45.8 Å². The van der Waals surface area contributed by atoms with Crippen molar-refractivity contribution in [2.75, 3.05) is 5.75 Å². The maximum atomic E-state index is 12.3. The van der Waals surface area contributed by atoms with Crippen molar-refractivity contribution in [2.45, 2.75) is 19.0 Å². The van der Waals surface area contributed by atoms with Crippen molar-refractivity contribution < 1.29 is 0 Å². The van der Waals surface area contributed by atoms with Crippen molar-refractivity contribution in [3.05, 3.63) is 45.6 Å². The van der Waals surface area contributed by atoms with E-state index >= 15 is 0 Å². The lowest BCUT2D eigenvalue weighted by Crippen LogP contribution is -2.08. The number of hydrogen-bond acceptors (Lipinski definition) is 4. The highest BCUT2D eigenvalue weighted by Crippen LogP contribution is 2.31. The third-order valence-corrected chi connectivity index (χ3v) is 4.69. The average Bonchev–Trinajstić information content (AvgIpc) is 2.84. The lowest BCUT2D eigenvalue weighted by Gasteiger charge is -2.01. The number of aromatic nitrogens is 2. The Bertz CT molecular complexity index is 803. The van der Waals surface area contributed by atoms with E-state index in [0.717, 1.165) is 21.7 Å². The highest BCUT2D eigenvalue weighted by molar-refractivity contribution is 7.99. The van der Waals surface area contributed by atoms with Crippen LogP contribution < -0.4 is 5.56 Å². The molecule has 0 saturated carbocycles. The average molecular weight is 302 g/mol. The fourth-order valence-corrected chi connectivity index (χ4v) is 3.68. The van der Waals surface area contributed by atoms with Crippen molar-refractivity contribution in [1.82, 2.24) is 9.97 Å². The van der Waals surface area contributed by atoms with Crippen LogP contribution in [0.3, 0.4) is 0 Å². The molecule has 0 fully saturated rings. The molecule has 20 heavy (non-hydrogen) atoms. The SMILES string of the molecule is CCSc1nc2scc(-c3ccc(C)cc3)c2c(=O)[nH]1. The molecule has 0 unspecified atom stereocenters. The van der Waals surface area contributed by atoms with Gasteiger partial charge in [0, 0.05) is 10.9 Å². The van der Waals surface area contributed by atoms with Gasteiger partial charge in [0.1, 0.15) is 4.83 Å². The number of hydrogen-bond donors (Lipinski definition) is 1. The number of H-pyrrole nitrogens is 1. The van der Waals surface area contributed by atoms with Gasteiger partial charge in [0.2, 0.25) is 0 Å². The number of aryl methyl sites for hydroxylation is 1. The van der Waals surface area contributed by atoms with Crippen LogP contribution in [0, 0.1) is 6.92 Å². The van der Waals surface area contributed by atoms with Crippen LogP contribution in [0.2, 0.25) is 0 Å². The molecule has 5 heteroatoms. The Kier molecular flexibility index (Phi) is 3.63. The highest BCUT2D eigenvalue weighted by Gasteiger charge is 2.12. The van der Waals surface area contributed by atoms with Gasteiger partial charge in [-0.25, -0.2) is 4.98 Å². The van der Waals surface area contributed by atoms with Gasteiger partial charge in [0.25, 0.3) is 5.56 Å². The van der Waals surface area contributed by atoms with Gasteiger partial charge in [0.05, 0.1) is 5.39 Å². The summed E-state index contributed by atoms with van der Waals surface area (Å²) in [5, 5.41) is 3.40. The van der Waals surface area contributed by atoms with Gasteiger partial charge in [-0.1, -0.05) is 48.5 Å². The molecule has 3 nitrogen and oxygen atoms in total. The molecule has 0 aliphatic rings. The molecule has 0 atom stereocenters. The maximum Gasteiger partial charge on any atom is 0.260 e. The summed E-state index contributed by atoms with van der Waals surface area (Å²) in [7, 11) is 0. The van der Waals surface area contributed by atoms with E-state index in [0.29, 0.717) is 10.5 Å². The number of rotatable bonds is 3. The molecular formula is C15H14N2OS2. The second-order valence-electron chi connectivity index (χ2n) is 4.50. The minimum absolute atomic E-state index is 0.0530. The van der Waals surface area contributed by atoms with Crippen molar-refractivity contribution in [1.29, 1.82) is 0 Å². The van der Waals surface area contributed by atoms with Crippen LogP contribution in [0.4, 0.5) is 0 Å². The maximum absolute atomic E-state index is 12.3. The summed E-state index contributed by atoms with van der Waals surface area (Å²) in [6.07, 6.45) is 0. The van der Waals surface area contributed by atoms with Gasteiger partial charge < -0.3 is 4.98 Å². The summed E-state index contributed by atoms with van der Waals surface area (Å²) in [6, 6.07) is 8.21. The third kappa shape index (κ3) is 2.39. The molecule has 2 aromatic heterocycles. The summed E-state index contributed by atoms with van der Waals surface area (Å²) >= 11 is 3.07. The zero-order chi connectivity index (χ0) is 14.1. The molecule has 0 amide bonds. The molecule has 0 radical (unpaired) electrons. The summed E-state index contributed by atoms with van der Waals surface area (Å²) in [6.45, 7) is 4.10. The zero-order valence-corrected chi connectivity index (χ0v) is 12.9. The smallest absolute Gasteiger partial charge is 0.260 e. The van der Waals surface area contributed by atoms with E-state index in [1.54, 1.807) is 11.8 Å². The van der Waals surface area contributed by atoms with Crippen LogP contribution >= 0.6 is 23.1 Å². The standard InChI is InChI=1S/C15H14N2OS2/c1-3-19-15-16-13(18)12-11(8-20-14(12)17-15)10-6-4-9(2)5-7-10/h4-8H,3H2,1-2H3,(H,16,17,18). The van der Waals surface area contributed by atoms with Gasteiger partial charge in [-0.2, -0.15) is 0 Å². The fraction of sp³-hybridized carbons (Fsp3) is 0.200. The van der Waals surface area contributed by atoms with Gasteiger partial charge in [-0.3, -0.25) is 4.79 Å². The monoisotopic (exact) mass is 302 g/mol. The van der Waals surface area contributed by atoms with Crippen molar-refractivity contribution in [3.8, 4) is 11.1 Å². The number of thiophene rings is 1. The van der Waals surface area contributed by atoms with Crippen LogP contribution in [0.1, 0.15) is 12.5 Å². The number of fused-ring (bicyclic) bond motifs is 1. The quantitative estimate of drug-likeness (QED) is 0.586. The Morgan fingerprint density at radius 1 is 1.30 bits per heavy atom. The summed E-state index contributed by atoms with van der Waals surface area (Å²) in [5.74, 6) is 0.893. The molecule has 1 aromatic carbocycles. The molecule has 0 aliphatic heterocycles. The first-order chi connectivity index (χ1) is 9.69. The number of benzene rings is 1. The second kappa shape index (κ2) is 5.42. The van der Waals surface area contributed by atoms with Gasteiger partial charge in [0.15, 0.2) is 5.16 Å². The lowest BCUT2D eigenvalue weighted by atomic mass is 10.1. The first-order valence-corrected chi connectivity index (χ1v) is 8.27. The van der Waals surface area contributed by atoms with Crippen LogP contribution in [-0.4, -0.2) is 15.7 Å². The Labute approximate surface area is 125 Å². The molecule has 3 rings (SSSR count). The predicted octanol–water partition coefficient (Wildman–Crippen LogP) is 4.07. The minimum Gasteiger partial charge on any atom is -0.301 e. The molecule has 1 N–H and O–H groups in total. The number of thioether (sulfide) groups is 1. The van der Waals surface area contributed by atoms with E-state index in [1.165, 1.54) is 16.9 Å². The van der Waals surface area contributed by atoms with Gasteiger partial charge >= 0.3 is 0 Å². The van der Waals surface area contributed by atoms with E-state index in [-0.39, 0.29) is 5.56 Å². The van der Waals surface area contributed by atoms with E-state index in [9.17, 15) is 4.79 Å². The minimum atomic E-state index is -0.0530. The largest absolute Gasteiger partial charge is 0.301 e. The zero-order valence-electron chi connectivity index (χ0n) is 11.3. The number of nitrogens with one attached hydrogen (secondary N) is 1. The molecular weight excluding hydrogens is 288 g/mol. The van der Waals surface area contributed by atoms with Crippen LogP contribution in [0.5, 0.6) is 0 Å². The number of nitrogens with zero attached hydrogens (tertiary/aromatic N) is 1. The van der Waals surface area contributed by atoms with E-state index < -0.39 is 0 Å². The molecule has 0 aliphatic carbocycles. The summed E-state index contributed by atoms with van der Waals surface area (Å²) in [5.41, 5.74) is 3.18. The van der Waals surface area contributed by atoms with Gasteiger partial charge in [-0.15, -0.1) is 11.3 Å². The molecule has 0 bridgehead atoms. The Morgan fingerprint density at radius 2 is 2.05 bits per heavy atom. The van der Waals surface area contributed by atoms with Crippen molar-refractivity contribution in [2.24, 2.45) is 0 Å². The molecule has 0 spiro atoms. The molecule has 102 valence electrons. The third-order valence-electron chi connectivity index (χ3n) is 3.07. The Morgan fingerprint density at radius 3 is 2.75 bits per heavy atom. The predicted molar refractivity (Wildman–Crippen MR) is 86.8 cm³/mol. The number of aromatic amines is 1. The first kappa shape index (κ1) is 13.4. The van der Waals surface area contributed by atoms with Crippen LogP contribution in [0.15, 0.2) is 39.6 Å². The summed E-state index contributed by atoms with van der Waals surface area (Å²) < 4.78 is 0. The van der Waals surface area contributed by atoms with E-state index in [2.05, 4.69) is 29.0 Å². The lowest BCUT2D eigenvalue weighted by molar-refractivity contribution is 0.981. The van der Waals surface area contributed by atoms with Gasteiger partial charge in [-0.05, 0) is 18.2 Å². The normalized spacial score (nSPS) is 11.1. The first-order valence-electron chi connectivity index (χ1n) is 6.40. The second-order valence-corrected chi connectivity index (χ2v) is 6.61. The Balaban J connectivity index is 2.18. The van der Waals surface area contributed by atoms with Crippen LogP contribution in [-0.2, 0) is 0 Å². The highest BCUT2D eigenvalue weighted by atomic mass is 32.2. The molecule has 0 saturated heterocycles. The van der Waals surface area contributed by atoms with Crippen LogP contribution in [0.25, 0.3) is 21.3 Å².